The van der Waals surface area contributed by atoms with Gasteiger partial charge in [0.05, 0.1) is 0 Å². The van der Waals surface area contributed by atoms with Crippen LogP contribution in [0.1, 0.15) is 18.0 Å². The van der Waals surface area contributed by atoms with Crippen LogP contribution < -0.4 is 10.8 Å². The second kappa shape index (κ2) is 7.55. The van der Waals surface area contributed by atoms with Crippen molar-refractivity contribution >= 4 is 30.8 Å². The van der Waals surface area contributed by atoms with Gasteiger partial charge in [-0.25, -0.2) is 0 Å². The molecule has 80 valence electrons. The number of carboxylic acid groups (broad SMARTS) is 1. The molecule has 1 heterocycles. The highest BCUT2D eigenvalue weighted by Gasteiger charge is 2.04. The van der Waals surface area contributed by atoms with Crippen molar-refractivity contribution in [3.63, 3.8) is 0 Å². The van der Waals surface area contributed by atoms with E-state index in [0.29, 0.717) is 5.56 Å². The van der Waals surface area contributed by atoms with E-state index in [1.807, 2.05) is 0 Å². The maximum absolute atomic E-state index is 10.2. The predicted molar refractivity (Wildman–Crippen MR) is 55.3 cm³/mol. The number of carbonyl (C=O) groups is 1. The maximum Gasteiger partial charge on any atom is 0.0433 e. The van der Waals surface area contributed by atoms with Crippen molar-refractivity contribution in [2.45, 2.75) is 12.5 Å². The van der Waals surface area contributed by atoms with Gasteiger partial charge in [0.2, 0.25) is 0 Å². The van der Waals surface area contributed by atoms with Crippen LogP contribution in [0.15, 0.2) is 24.5 Å². The monoisotopic (exact) mass is 237 g/mol. The topological polar surface area (TPSA) is 79.0 Å². The van der Waals surface area contributed by atoms with Crippen molar-refractivity contribution < 1.29 is 9.90 Å². The second-order valence-electron chi connectivity index (χ2n) is 2.47. The van der Waals surface area contributed by atoms with Crippen LogP contribution in [0.4, 0.5) is 0 Å². The van der Waals surface area contributed by atoms with Crippen molar-refractivity contribution in [2.24, 2.45) is 5.73 Å². The molecule has 0 saturated heterocycles. The fraction of sp³-hybridized carbons (Fsp3) is 0.250. The van der Waals surface area contributed by atoms with Crippen LogP contribution in [0.2, 0.25) is 0 Å². The highest BCUT2D eigenvalue weighted by molar-refractivity contribution is 5.85. The zero-order valence-corrected chi connectivity index (χ0v) is 8.88. The zero-order chi connectivity index (χ0) is 8.97. The molecule has 0 bridgehead atoms. The minimum atomic E-state index is -1.15. The molecule has 0 aliphatic rings. The van der Waals surface area contributed by atoms with Crippen molar-refractivity contribution in [3.05, 3.63) is 30.1 Å². The summed E-state index contributed by atoms with van der Waals surface area (Å²) in [5, 5.41) is 10.2. The Morgan fingerprint density at radius 2 is 2.21 bits per heavy atom. The van der Waals surface area contributed by atoms with Gasteiger partial charge in [0.1, 0.15) is 0 Å². The molecule has 0 saturated carbocycles. The van der Waals surface area contributed by atoms with E-state index in [2.05, 4.69) is 4.98 Å². The Kier molecular flexibility index (Phi) is 8.43. The van der Waals surface area contributed by atoms with Crippen LogP contribution in [-0.4, -0.2) is 11.0 Å². The Labute approximate surface area is 94.3 Å². The fourth-order valence-corrected chi connectivity index (χ4v) is 0.893. The number of nitrogens with zero attached hydrogens (tertiary/aromatic N) is 1. The Balaban J connectivity index is 0. The molecule has 0 amide bonds. The Hall–Kier alpha value is -0.840. The number of nitrogens with two attached hydrogens (primary N) is 1. The second-order valence-corrected chi connectivity index (χ2v) is 2.47. The molecule has 0 aliphatic heterocycles. The Morgan fingerprint density at radius 3 is 2.64 bits per heavy atom. The summed E-state index contributed by atoms with van der Waals surface area (Å²) in [5.41, 5.74) is 6.24. The molecule has 4 nitrogen and oxygen atoms in total. The number of aliphatic carboxylic acids is 1. The van der Waals surface area contributed by atoms with Crippen LogP contribution in [0.3, 0.4) is 0 Å². The highest BCUT2D eigenvalue weighted by atomic mass is 35.5. The fourth-order valence-electron chi connectivity index (χ4n) is 0.893. The van der Waals surface area contributed by atoms with Gasteiger partial charge in [-0.05, 0) is 11.6 Å². The van der Waals surface area contributed by atoms with Crippen LogP contribution in [-0.2, 0) is 4.79 Å². The van der Waals surface area contributed by atoms with Gasteiger partial charge in [0.25, 0.3) is 0 Å². The third-order valence-corrected chi connectivity index (χ3v) is 1.50. The highest BCUT2D eigenvalue weighted by Crippen LogP contribution is 2.10. The Bertz CT molecular complexity index is 269. The van der Waals surface area contributed by atoms with Gasteiger partial charge >= 0.3 is 0 Å². The first-order chi connectivity index (χ1) is 5.70. The van der Waals surface area contributed by atoms with Crippen LogP contribution >= 0.6 is 24.8 Å². The molecule has 6 heteroatoms. The molecule has 14 heavy (non-hydrogen) atoms. The lowest BCUT2D eigenvalue weighted by molar-refractivity contribution is -0.306. The summed E-state index contributed by atoms with van der Waals surface area (Å²) in [5.74, 6) is -1.15. The normalized spacial score (nSPS) is 10.6. The third-order valence-electron chi connectivity index (χ3n) is 1.50. The lowest BCUT2D eigenvalue weighted by Gasteiger charge is -2.11. The molecule has 1 aromatic rings. The molecule has 1 rings (SSSR count). The third kappa shape index (κ3) is 5.01. The standard InChI is InChI=1S/C8H10N2O2.2ClH/c9-7(4-8(11)12)6-2-1-3-10-5-6;;/h1-3,5,7H,4,9H2,(H,11,12);2*1H/p-1/t7-;;/m0../s1. The number of aromatic nitrogens is 1. The summed E-state index contributed by atoms with van der Waals surface area (Å²) in [4.78, 5) is 14.0. The summed E-state index contributed by atoms with van der Waals surface area (Å²) >= 11 is 0. The van der Waals surface area contributed by atoms with Crippen molar-refractivity contribution in [3.8, 4) is 0 Å². The van der Waals surface area contributed by atoms with Gasteiger partial charge in [-0.1, -0.05) is 6.07 Å². The average molecular weight is 238 g/mol. The smallest absolute Gasteiger partial charge is 0.0433 e. The van der Waals surface area contributed by atoms with Crippen LogP contribution in [0.25, 0.3) is 0 Å². The van der Waals surface area contributed by atoms with Gasteiger partial charge < -0.3 is 15.6 Å². The summed E-state index contributed by atoms with van der Waals surface area (Å²) < 4.78 is 0. The van der Waals surface area contributed by atoms with Crippen molar-refractivity contribution in [1.82, 2.24) is 4.98 Å². The van der Waals surface area contributed by atoms with E-state index >= 15 is 0 Å². The molecule has 0 unspecified atom stereocenters. The molecule has 0 aliphatic carbocycles. The molecule has 0 fully saturated rings. The molecular formula is C8H11Cl2N2O2-. The molecule has 1 atom stereocenters. The largest absolute Gasteiger partial charge is 0.550 e. The van der Waals surface area contributed by atoms with Gasteiger partial charge in [-0.2, -0.15) is 0 Å². The summed E-state index contributed by atoms with van der Waals surface area (Å²) in [6.07, 6.45) is 2.98. The van der Waals surface area contributed by atoms with E-state index in [9.17, 15) is 9.90 Å². The molecule has 0 radical (unpaired) electrons. The van der Waals surface area contributed by atoms with E-state index in [1.54, 1.807) is 24.5 Å². The van der Waals surface area contributed by atoms with Crippen LogP contribution in [0, 0.1) is 0 Å². The van der Waals surface area contributed by atoms with Gasteiger partial charge in [-0.15, -0.1) is 24.8 Å². The van der Waals surface area contributed by atoms with E-state index < -0.39 is 12.0 Å². The number of hydrogen-bond donors (Lipinski definition) is 1. The van der Waals surface area contributed by atoms with E-state index in [1.165, 1.54) is 0 Å². The van der Waals surface area contributed by atoms with Crippen molar-refractivity contribution in [1.29, 1.82) is 0 Å². The molecule has 0 aromatic carbocycles. The predicted octanol–water partition coefficient (Wildman–Crippen LogP) is 0.0650. The first kappa shape index (κ1) is 15.6. The van der Waals surface area contributed by atoms with E-state index in [-0.39, 0.29) is 31.2 Å². The van der Waals surface area contributed by atoms with E-state index in [4.69, 9.17) is 5.73 Å². The molecule has 2 N–H and O–H groups in total. The summed E-state index contributed by atoms with van der Waals surface area (Å²) in [7, 11) is 0. The van der Waals surface area contributed by atoms with Gasteiger partial charge in [-0.3, -0.25) is 4.98 Å². The molecule has 0 spiro atoms. The first-order valence-electron chi connectivity index (χ1n) is 3.55. The maximum atomic E-state index is 10.2. The lowest BCUT2D eigenvalue weighted by atomic mass is 10.1. The van der Waals surface area contributed by atoms with Gasteiger partial charge in [0.15, 0.2) is 0 Å². The van der Waals surface area contributed by atoms with Crippen LogP contribution in [0.5, 0.6) is 0 Å². The number of halogens is 2. The number of hydrogen-bond acceptors (Lipinski definition) is 4. The Morgan fingerprint density at radius 1 is 1.57 bits per heavy atom. The summed E-state index contributed by atoms with van der Waals surface area (Å²) in [6, 6.07) is 2.93. The van der Waals surface area contributed by atoms with Gasteiger partial charge in [0, 0.05) is 30.8 Å². The van der Waals surface area contributed by atoms with E-state index in [0.717, 1.165) is 0 Å². The number of pyridine rings is 1. The molecular weight excluding hydrogens is 227 g/mol. The summed E-state index contributed by atoms with van der Waals surface area (Å²) in [6.45, 7) is 0. The van der Waals surface area contributed by atoms with Crippen molar-refractivity contribution in [2.75, 3.05) is 0 Å². The lowest BCUT2D eigenvalue weighted by Crippen LogP contribution is -2.27. The zero-order valence-electron chi connectivity index (χ0n) is 7.25. The number of carboxylic acids is 1. The number of carbonyl (C=O) groups excluding carboxylic acids is 1. The quantitative estimate of drug-likeness (QED) is 0.807. The molecule has 1 aromatic heterocycles. The average Bonchev–Trinajstić information content (AvgIpc) is 2.05. The minimum Gasteiger partial charge on any atom is -0.550 e. The number of rotatable bonds is 3. The SMILES string of the molecule is Cl.Cl.N[C@@H](CC(=O)[O-])c1cccnc1. The minimum absolute atomic E-state index is 0. The first-order valence-corrected chi connectivity index (χ1v) is 3.55.